The van der Waals surface area contributed by atoms with Crippen molar-refractivity contribution in [3.8, 4) is 23.0 Å². The predicted molar refractivity (Wildman–Crippen MR) is 139 cm³/mol. The van der Waals surface area contributed by atoms with Gasteiger partial charge in [-0.3, -0.25) is 9.59 Å². The average Bonchev–Trinajstić information content (AvgIpc) is 2.94. The highest BCUT2D eigenvalue weighted by atomic mass is 16.5. The number of phenols is 2. The summed E-state index contributed by atoms with van der Waals surface area (Å²) in [4.78, 5) is 33.8. The van der Waals surface area contributed by atoms with Crippen LogP contribution in [0.2, 0.25) is 0 Å². The van der Waals surface area contributed by atoms with E-state index in [4.69, 9.17) is 35.0 Å². The first kappa shape index (κ1) is 33.0. The summed E-state index contributed by atoms with van der Waals surface area (Å²) in [6.45, 7) is -0.760. The van der Waals surface area contributed by atoms with Gasteiger partial charge >= 0.3 is 0 Å². The molecule has 0 amide bonds. The van der Waals surface area contributed by atoms with Crippen LogP contribution < -0.4 is 9.47 Å². The molecular formula is C27H32O12. The number of phenolic OH excluding ortho intramolecular Hbond substituents is 2. The molecule has 7 N–H and O–H groups in total. The number of allylic oxidation sites excluding steroid dienone is 2. The van der Waals surface area contributed by atoms with Crippen molar-refractivity contribution in [2.24, 2.45) is 0 Å². The summed E-state index contributed by atoms with van der Waals surface area (Å²) in [6, 6.07) is 9.34. The Hall–Kier alpha value is -4.07. The molecule has 12 heteroatoms. The number of aliphatic hydroxyl groups is 5. The van der Waals surface area contributed by atoms with Crippen LogP contribution in [0.25, 0.3) is 12.2 Å². The SMILES string of the molecule is COc1cc(/C=C/C(=O)CC(=O)/C=C/c2ccc(O)c(OC)c2)ccc1O.O=CC(O)C(O)C(O)C(O)CO. The molecule has 0 bridgehead atoms. The summed E-state index contributed by atoms with van der Waals surface area (Å²) >= 11 is 0. The van der Waals surface area contributed by atoms with Crippen molar-refractivity contribution in [3.05, 3.63) is 59.7 Å². The number of hydrogen-bond acceptors (Lipinski definition) is 12. The minimum atomic E-state index is -1.79. The lowest BCUT2D eigenvalue weighted by molar-refractivity contribution is -0.136. The maximum absolute atomic E-state index is 11.9. The fourth-order valence-corrected chi connectivity index (χ4v) is 2.88. The van der Waals surface area contributed by atoms with Gasteiger partial charge in [0, 0.05) is 0 Å². The minimum Gasteiger partial charge on any atom is -0.504 e. The van der Waals surface area contributed by atoms with Gasteiger partial charge in [0.05, 0.1) is 27.2 Å². The van der Waals surface area contributed by atoms with E-state index in [1.807, 2.05) is 0 Å². The number of carbonyl (C=O) groups is 3. The van der Waals surface area contributed by atoms with Gasteiger partial charge in [-0.15, -0.1) is 0 Å². The van der Waals surface area contributed by atoms with Crippen molar-refractivity contribution in [3.63, 3.8) is 0 Å². The molecule has 0 saturated carbocycles. The van der Waals surface area contributed by atoms with Crippen LogP contribution >= 0.6 is 0 Å². The fraction of sp³-hybridized carbons (Fsp3) is 0.296. The van der Waals surface area contributed by atoms with E-state index in [-0.39, 0.29) is 35.8 Å². The average molecular weight is 549 g/mol. The topological polar surface area (TPSA) is 211 Å². The molecule has 0 radical (unpaired) electrons. The third-order valence-corrected chi connectivity index (χ3v) is 5.10. The molecule has 0 saturated heterocycles. The van der Waals surface area contributed by atoms with Gasteiger partial charge < -0.3 is 50.0 Å². The molecule has 12 nitrogen and oxygen atoms in total. The molecule has 2 aromatic rings. The van der Waals surface area contributed by atoms with Crippen LogP contribution in [0.1, 0.15) is 17.5 Å². The molecule has 39 heavy (non-hydrogen) atoms. The van der Waals surface area contributed by atoms with Crippen molar-refractivity contribution in [2.45, 2.75) is 30.8 Å². The normalized spacial score (nSPS) is 14.1. The number of rotatable bonds is 13. The van der Waals surface area contributed by atoms with E-state index in [9.17, 15) is 24.6 Å². The van der Waals surface area contributed by atoms with Gasteiger partial charge in [-0.2, -0.15) is 0 Å². The Morgan fingerprint density at radius 2 is 1.23 bits per heavy atom. The first-order valence-corrected chi connectivity index (χ1v) is 11.4. The number of ether oxygens (including phenoxy) is 2. The number of aromatic hydroxyl groups is 2. The Labute approximate surface area is 224 Å². The Kier molecular flexibility index (Phi) is 14.1. The number of ketones is 2. The van der Waals surface area contributed by atoms with Crippen molar-refractivity contribution in [1.82, 2.24) is 0 Å². The van der Waals surface area contributed by atoms with E-state index >= 15 is 0 Å². The zero-order chi connectivity index (χ0) is 29.5. The highest BCUT2D eigenvalue weighted by molar-refractivity contribution is 6.10. The van der Waals surface area contributed by atoms with Gasteiger partial charge in [-0.25, -0.2) is 0 Å². The number of aldehydes is 1. The smallest absolute Gasteiger partial charge is 0.163 e. The first-order valence-electron chi connectivity index (χ1n) is 11.4. The Morgan fingerprint density at radius 3 is 1.59 bits per heavy atom. The van der Waals surface area contributed by atoms with Crippen LogP contribution in [0.15, 0.2) is 48.6 Å². The van der Waals surface area contributed by atoms with Gasteiger partial charge in [0.2, 0.25) is 0 Å². The van der Waals surface area contributed by atoms with Crippen LogP contribution in [0.3, 0.4) is 0 Å². The van der Waals surface area contributed by atoms with Gasteiger partial charge in [-0.05, 0) is 47.5 Å². The summed E-state index contributed by atoms with van der Waals surface area (Å²) < 4.78 is 10.00. The third-order valence-electron chi connectivity index (χ3n) is 5.10. The van der Waals surface area contributed by atoms with E-state index in [0.29, 0.717) is 22.6 Å². The standard InChI is InChI=1S/C21H20O6.C6H12O6/c1-26-20-11-14(5-9-18(20)24)3-7-16(22)13-17(23)8-4-15-6-10-19(25)21(12-15)27-2;7-1-3(9)5(11)6(12)4(10)2-8/h3-12,24-25H,13H2,1-2H3;1,3-6,8-12H,2H2/b7-3+,8-4+;. The lowest BCUT2D eigenvalue weighted by atomic mass is 10.0. The molecule has 0 fully saturated rings. The zero-order valence-electron chi connectivity index (χ0n) is 21.2. The van der Waals surface area contributed by atoms with Crippen LogP contribution in [-0.2, 0) is 14.4 Å². The minimum absolute atomic E-state index is 0.00662. The van der Waals surface area contributed by atoms with Crippen LogP contribution in [0, 0.1) is 0 Å². The highest BCUT2D eigenvalue weighted by Crippen LogP contribution is 2.27. The van der Waals surface area contributed by atoms with Crippen LogP contribution in [-0.4, -0.2) is 98.8 Å². The second kappa shape index (κ2) is 16.7. The zero-order valence-corrected chi connectivity index (χ0v) is 21.2. The van der Waals surface area contributed by atoms with E-state index in [1.54, 1.807) is 36.4 Å². The number of benzene rings is 2. The monoisotopic (exact) mass is 548 g/mol. The molecule has 4 atom stereocenters. The molecule has 0 aliphatic carbocycles. The summed E-state index contributed by atoms with van der Waals surface area (Å²) in [5.74, 6) is -0.0832. The summed E-state index contributed by atoms with van der Waals surface area (Å²) in [7, 11) is 2.87. The lowest BCUT2D eigenvalue weighted by Crippen LogP contribution is -2.46. The van der Waals surface area contributed by atoms with Gasteiger partial charge in [-0.1, -0.05) is 24.3 Å². The van der Waals surface area contributed by atoms with Gasteiger partial charge in [0.1, 0.15) is 24.4 Å². The van der Waals surface area contributed by atoms with Crippen LogP contribution in [0.5, 0.6) is 23.0 Å². The summed E-state index contributed by atoms with van der Waals surface area (Å²) in [6.07, 6.45) is -1.40. The second-order valence-electron chi connectivity index (χ2n) is 8.00. The maximum Gasteiger partial charge on any atom is 0.163 e. The molecule has 0 heterocycles. The van der Waals surface area contributed by atoms with E-state index < -0.39 is 31.0 Å². The van der Waals surface area contributed by atoms with Crippen molar-refractivity contribution in [1.29, 1.82) is 0 Å². The number of carbonyl (C=O) groups excluding carboxylic acids is 3. The summed E-state index contributed by atoms with van der Waals surface area (Å²) in [5, 5.41) is 62.6. The lowest BCUT2D eigenvalue weighted by Gasteiger charge is -2.22. The van der Waals surface area contributed by atoms with Crippen molar-refractivity contribution in [2.75, 3.05) is 20.8 Å². The van der Waals surface area contributed by atoms with E-state index in [1.165, 1.54) is 38.5 Å². The molecular weight excluding hydrogens is 516 g/mol. The highest BCUT2D eigenvalue weighted by Gasteiger charge is 2.29. The van der Waals surface area contributed by atoms with Gasteiger partial charge in [0.25, 0.3) is 0 Å². The number of hydrogen-bond donors (Lipinski definition) is 7. The Balaban J connectivity index is 0.000000534. The molecule has 2 aromatic carbocycles. The van der Waals surface area contributed by atoms with E-state index in [0.717, 1.165) is 0 Å². The van der Waals surface area contributed by atoms with Crippen molar-refractivity contribution < 1.29 is 59.6 Å². The van der Waals surface area contributed by atoms with Crippen molar-refractivity contribution >= 4 is 30.0 Å². The first-order chi connectivity index (χ1) is 18.5. The summed E-state index contributed by atoms with van der Waals surface area (Å²) in [5.41, 5.74) is 1.33. The number of methoxy groups -OCH3 is 2. The predicted octanol–water partition coefficient (Wildman–Crippen LogP) is -0.00890. The Bertz CT molecular complexity index is 1080. The molecule has 2 rings (SSSR count). The van der Waals surface area contributed by atoms with Crippen LogP contribution in [0.4, 0.5) is 0 Å². The van der Waals surface area contributed by atoms with E-state index in [2.05, 4.69) is 0 Å². The number of aliphatic hydroxyl groups excluding tert-OH is 5. The molecule has 212 valence electrons. The maximum atomic E-state index is 11.9. The van der Waals surface area contributed by atoms with Gasteiger partial charge in [0.15, 0.2) is 40.9 Å². The molecule has 0 aliphatic rings. The Morgan fingerprint density at radius 1 is 0.795 bits per heavy atom. The third kappa shape index (κ3) is 11.1. The molecule has 4 unspecified atom stereocenters. The molecule has 0 aromatic heterocycles. The largest absolute Gasteiger partial charge is 0.504 e. The fourth-order valence-electron chi connectivity index (χ4n) is 2.88. The molecule has 0 spiro atoms. The quantitative estimate of drug-likeness (QED) is 0.100. The molecule has 0 aliphatic heterocycles. The second-order valence-corrected chi connectivity index (χ2v) is 8.00.